The standard InChI is InChI=1S/C26H27FN2O4S/c1-28-24-12-5-18(17-3-6-19(27)7-4-17)15-23(24)26-22(25(28)16-30)13-14-29(26)34(31,32)21-10-8-20(33-2)9-11-21/h3-12,15,22,25-26,30H,13-14,16H2,1-2H3/t22-,25+,26-/m0/s1. The number of hydrogen-bond acceptors (Lipinski definition) is 5. The fraction of sp³-hybridized carbons (Fsp3) is 0.308. The van der Waals surface area contributed by atoms with Gasteiger partial charge in [0.25, 0.3) is 0 Å². The van der Waals surface area contributed by atoms with Crippen molar-refractivity contribution in [3.05, 3.63) is 78.1 Å². The first-order valence-electron chi connectivity index (χ1n) is 11.2. The molecule has 6 nitrogen and oxygen atoms in total. The highest BCUT2D eigenvalue weighted by Crippen LogP contribution is 2.51. The molecule has 3 atom stereocenters. The van der Waals surface area contributed by atoms with Gasteiger partial charge in [-0.25, -0.2) is 12.8 Å². The third-order valence-corrected chi connectivity index (χ3v) is 9.04. The quantitative estimate of drug-likeness (QED) is 0.594. The zero-order chi connectivity index (χ0) is 24.0. The van der Waals surface area contributed by atoms with Gasteiger partial charge in [0.15, 0.2) is 0 Å². The molecule has 0 aromatic heterocycles. The van der Waals surface area contributed by atoms with Crippen LogP contribution in [0.1, 0.15) is 18.0 Å². The molecular weight excluding hydrogens is 455 g/mol. The molecule has 0 spiro atoms. The third kappa shape index (κ3) is 3.66. The summed E-state index contributed by atoms with van der Waals surface area (Å²) in [6.07, 6.45) is 0.649. The molecule has 5 rings (SSSR count). The number of fused-ring (bicyclic) bond motifs is 3. The zero-order valence-electron chi connectivity index (χ0n) is 19.1. The van der Waals surface area contributed by atoms with Crippen LogP contribution >= 0.6 is 0 Å². The maximum absolute atomic E-state index is 13.7. The highest BCUT2D eigenvalue weighted by molar-refractivity contribution is 7.89. The van der Waals surface area contributed by atoms with Gasteiger partial charge >= 0.3 is 0 Å². The van der Waals surface area contributed by atoms with E-state index in [0.717, 1.165) is 22.4 Å². The van der Waals surface area contributed by atoms with Crippen molar-refractivity contribution in [2.45, 2.75) is 23.4 Å². The van der Waals surface area contributed by atoms with Gasteiger partial charge in [-0.1, -0.05) is 18.2 Å². The van der Waals surface area contributed by atoms with E-state index in [-0.39, 0.29) is 29.3 Å². The molecule has 0 bridgehead atoms. The van der Waals surface area contributed by atoms with E-state index in [1.54, 1.807) is 40.7 Å². The molecule has 178 valence electrons. The molecule has 2 aliphatic rings. The van der Waals surface area contributed by atoms with Gasteiger partial charge in [-0.3, -0.25) is 0 Å². The van der Waals surface area contributed by atoms with E-state index >= 15 is 0 Å². The molecule has 1 fully saturated rings. The lowest BCUT2D eigenvalue weighted by atomic mass is 9.81. The number of benzene rings is 3. The Labute approximate surface area is 199 Å². The summed E-state index contributed by atoms with van der Waals surface area (Å²) in [5, 5.41) is 10.2. The van der Waals surface area contributed by atoms with Crippen LogP contribution in [0.4, 0.5) is 10.1 Å². The van der Waals surface area contributed by atoms with Crippen LogP contribution in [0.5, 0.6) is 5.75 Å². The summed E-state index contributed by atoms with van der Waals surface area (Å²) in [6, 6.07) is 18.0. The van der Waals surface area contributed by atoms with E-state index in [4.69, 9.17) is 4.74 Å². The minimum Gasteiger partial charge on any atom is -0.497 e. The van der Waals surface area contributed by atoms with E-state index in [2.05, 4.69) is 4.90 Å². The van der Waals surface area contributed by atoms with Crippen molar-refractivity contribution in [1.82, 2.24) is 4.31 Å². The molecule has 1 saturated heterocycles. The number of aliphatic hydroxyl groups is 1. The molecule has 0 amide bonds. The summed E-state index contributed by atoms with van der Waals surface area (Å²) in [6.45, 7) is 0.307. The number of aliphatic hydroxyl groups excluding tert-OH is 1. The van der Waals surface area contributed by atoms with Crippen LogP contribution in [0.2, 0.25) is 0 Å². The third-order valence-electron chi connectivity index (χ3n) is 7.15. The largest absolute Gasteiger partial charge is 0.497 e. The smallest absolute Gasteiger partial charge is 0.243 e. The Morgan fingerprint density at radius 3 is 2.35 bits per heavy atom. The lowest BCUT2D eigenvalue weighted by molar-refractivity contribution is 0.193. The highest BCUT2D eigenvalue weighted by Gasteiger charge is 2.50. The number of rotatable bonds is 5. The van der Waals surface area contributed by atoms with Crippen LogP contribution in [-0.2, 0) is 10.0 Å². The summed E-state index contributed by atoms with van der Waals surface area (Å²) in [4.78, 5) is 2.26. The van der Waals surface area contributed by atoms with Crippen molar-refractivity contribution in [3.63, 3.8) is 0 Å². The summed E-state index contributed by atoms with van der Waals surface area (Å²) in [5.41, 5.74) is 3.54. The Morgan fingerprint density at radius 2 is 1.71 bits per heavy atom. The second kappa shape index (κ2) is 8.69. The average molecular weight is 483 g/mol. The molecule has 2 aliphatic heterocycles. The van der Waals surface area contributed by atoms with Crippen molar-refractivity contribution < 1.29 is 22.7 Å². The van der Waals surface area contributed by atoms with Gasteiger partial charge < -0.3 is 14.7 Å². The number of methoxy groups -OCH3 is 1. The fourth-order valence-corrected chi connectivity index (χ4v) is 7.05. The fourth-order valence-electron chi connectivity index (χ4n) is 5.39. The van der Waals surface area contributed by atoms with Crippen molar-refractivity contribution >= 4 is 15.7 Å². The predicted molar refractivity (Wildman–Crippen MR) is 129 cm³/mol. The molecule has 0 radical (unpaired) electrons. The van der Waals surface area contributed by atoms with Crippen LogP contribution in [0.25, 0.3) is 11.1 Å². The predicted octanol–water partition coefficient (Wildman–Crippen LogP) is 4.06. The average Bonchev–Trinajstić information content (AvgIpc) is 3.31. The van der Waals surface area contributed by atoms with Gasteiger partial charge in [0.2, 0.25) is 10.0 Å². The van der Waals surface area contributed by atoms with Crippen LogP contribution in [0.3, 0.4) is 0 Å². The van der Waals surface area contributed by atoms with E-state index < -0.39 is 16.1 Å². The van der Waals surface area contributed by atoms with E-state index in [0.29, 0.717) is 18.7 Å². The number of hydrogen-bond donors (Lipinski definition) is 1. The summed E-state index contributed by atoms with van der Waals surface area (Å²) < 4.78 is 47.7. The zero-order valence-corrected chi connectivity index (χ0v) is 19.9. The van der Waals surface area contributed by atoms with Crippen LogP contribution in [-0.4, -0.2) is 51.2 Å². The Balaban J connectivity index is 1.61. The first kappa shape index (κ1) is 22.8. The summed E-state index contributed by atoms with van der Waals surface area (Å²) >= 11 is 0. The molecule has 0 saturated carbocycles. The Bertz CT molecular complexity index is 1300. The number of halogens is 1. The number of anilines is 1. The molecule has 0 aliphatic carbocycles. The van der Waals surface area contributed by atoms with Crippen molar-refractivity contribution in [3.8, 4) is 16.9 Å². The molecule has 3 aromatic rings. The number of nitrogens with zero attached hydrogens (tertiary/aromatic N) is 2. The minimum absolute atomic E-state index is 0.0565. The van der Waals surface area contributed by atoms with Gasteiger partial charge in [-0.05, 0) is 71.6 Å². The van der Waals surface area contributed by atoms with E-state index in [1.807, 2.05) is 25.2 Å². The van der Waals surface area contributed by atoms with Crippen molar-refractivity contribution in [1.29, 1.82) is 0 Å². The van der Waals surface area contributed by atoms with Crippen molar-refractivity contribution in [2.75, 3.05) is 32.2 Å². The SMILES string of the molecule is COc1ccc(S(=O)(=O)N2CC[C@H]3[C@@H](CO)N(C)c4ccc(-c5ccc(F)cc5)cc4[C@H]32)cc1. The number of likely N-dealkylation sites (N-methyl/N-ethyl adjacent to an activating group) is 1. The van der Waals surface area contributed by atoms with E-state index in [1.165, 1.54) is 19.2 Å². The number of sulfonamides is 1. The van der Waals surface area contributed by atoms with Crippen LogP contribution in [0.15, 0.2) is 71.6 Å². The minimum atomic E-state index is -3.78. The first-order chi connectivity index (χ1) is 16.3. The monoisotopic (exact) mass is 482 g/mol. The molecular formula is C26H27FN2O4S. The summed E-state index contributed by atoms with van der Waals surface area (Å²) in [7, 11) is -0.303. The molecule has 34 heavy (non-hydrogen) atoms. The second-order valence-electron chi connectivity index (χ2n) is 8.83. The molecule has 0 unspecified atom stereocenters. The lowest BCUT2D eigenvalue weighted by Gasteiger charge is -2.44. The van der Waals surface area contributed by atoms with Gasteiger partial charge in [-0.2, -0.15) is 4.31 Å². The maximum atomic E-state index is 13.7. The first-order valence-corrected chi connectivity index (χ1v) is 12.7. The Morgan fingerprint density at radius 1 is 1.03 bits per heavy atom. The lowest BCUT2D eigenvalue weighted by Crippen LogP contribution is -2.48. The van der Waals surface area contributed by atoms with Gasteiger partial charge in [0, 0.05) is 25.2 Å². The molecule has 2 heterocycles. The van der Waals surface area contributed by atoms with E-state index in [9.17, 15) is 17.9 Å². The molecule has 8 heteroatoms. The maximum Gasteiger partial charge on any atom is 0.243 e. The van der Waals surface area contributed by atoms with Crippen LogP contribution in [0, 0.1) is 11.7 Å². The molecule has 3 aromatic carbocycles. The molecule has 1 N–H and O–H groups in total. The second-order valence-corrected chi connectivity index (χ2v) is 10.7. The normalized spacial score (nSPS) is 22.4. The Kier molecular flexibility index (Phi) is 5.83. The summed E-state index contributed by atoms with van der Waals surface area (Å²) in [5.74, 6) is 0.228. The van der Waals surface area contributed by atoms with Crippen LogP contribution < -0.4 is 9.64 Å². The van der Waals surface area contributed by atoms with Gasteiger partial charge in [-0.15, -0.1) is 0 Å². The van der Waals surface area contributed by atoms with Gasteiger partial charge in [0.1, 0.15) is 11.6 Å². The highest BCUT2D eigenvalue weighted by atomic mass is 32.2. The number of ether oxygens (including phenoxy) is 1. The topological polar surface area (TPSA) is 70.1 Å². The Hall–Kier alpha value is -2.94. The van der Waals surface area contributed by atoms with Gasteiger partial charge in [0.05, 0.1) is 30.7 Å². The van der Waals surface area contributed by atoms with Crippen molar-refractivity contribution in [2.24, 2.45) is 5.92 Å².